The van der Waals surface area contributed by atoms with Crippen LogP contribution >= 0.6 is 0 Å². The average molecular weight is 416 g/mol. The van der Waals surface area contributed by atoms with Gasteiger partial charge in [0, 0.05) is 55.9 Å². The van der Waals surface area contributed by atoms with Gasteiger partial charge in [-0.25, -0.2) is 9.18 Å². The Morgan fingerprint density at radius 3 is 2.93 bits per heavy atom. The summed E-state index contributed by atoms with van der Waals surface area (Å²) in [7, 11) is 0. The van der Waals surface area contributed by atoms with Crippen LogP contribution in [0.25, 0.3) is 0 Å². The molecule has 8 heteroatoms. The van der Waals surface area contributed by atoms with E-state index in [1.807, 2.05) is 11.8 Å². The quantitative estimate of drug-likeness (QED) is 0.701. The molecule has 4 aliphatic rings. The van der Waals surface area contributed by atoms with E-state index >= 15 is 0 Å². The first-order chi connectivity index (χ1) is 14.5. The molecule has 3 fully saturated rings. The molecule has 30 heavy (non-hydrogen) atoms. The number of aryl methyl sites for hydroxylation is 1. The topological polar surface area (TPSA) is 76.7 Å². The van der Waals surface area contributed by atoms with Crippen LogP contribution < -0.4 is 16.0 Å². The summed E-state index contributed by atoms with van der Waals surface area (Å²) in [4.78, 5) is 29.2. The zero-order valence-electron chi connectivity index (χ0n) is 17.4. The molecule has 0 bridgehead atoms. The van der Waals surface area contributed by atoms with Crippen molar-refractivity contribution in [2.45, 2.75) is 63.2 Å². The van der Waals surface area contributed by atoms with E-state index in [0.29, 0.717) is 18.0 Å². The minimum absolute atomic E-state index is 0.0361. The number of carbonyl (C=O) groups excluding carboxylic acids is 2. The minimum atomic E-state index is -0.407. The van der Waals surface area contributed by atoms with Crippen LogP contribution in [0.1, 0.15) is 36.8 Å². The van der Waals surface area contributed by atoms with E-state index < -0.39 is 6.04 Å². The van der Waals surface area contributed by atoms with Gasteiger partial charge in [-0.1, -0.05) is 6.07 Å². The second-order valence-electron chi connectivity index (χ2n) is 9.17. The van der Waals surface area contributed by atoms with Gasteiger partial charge in [0.2, 0.25) is 5.91 Å². The molecule has 0 radical (unpaired) electrons. The summed E-state index contributed by atoms with van der Waals surface area (Å²) in [5, 5.41) is 9.40. The molecule has 3 aliphatic heterocycles. The standard InChI is InChI=1S/C22H30FN5O2/c1-13-5-6-18(23)17-10-19(26-20(13)17)21(29)25-14-3-2-4-15(9-14)27-7-8-28-16(12-27)11-24-22(28)30/h5-6,14-16,19,26H,2-4,7-12H2,1H3,(H,24,30)(H,25,29)/t14-,15-,16+,19?/m1/s1. The van der Waals surface area contributed by atoms with Crippen molar-refractivity contribution in [2.75, 3.05) is 31.5 Å². The number of hydrogen-bond acceptors (Lipinski definition) is 4. The van der Waals surface area contributed by atoms with Gasteiger partial charge in [-0.2, -0.15) is 0 Å². The van der Waals surface area contributed by atoms with Crippen LogP contribution in [-0.4, -0.2) is 72.1 Å². The molecular formula is C22H30FN5O2. The summed E-state index contributed by atoms with van der Waals surface area (Å²) in [6, 6.07) is 3.74. The van der Waals surface area contributed by atoms with Crippen LogP contribution in [0.15, 0.2) is 12.1 Å². The highest BCUT2D eigenvalue weighted by Crippen LogP contribution is 2.32. The molecule has 5 rings (SSSR count). The van der Waals surface area contributed by atoms with Gasteiger partial charge in [0.1, 0.15) is 11.9 Å². The van der Waals surface area contributed by atoms with Gasteiger partial charge in [0.05, 0.1) is 6.04 Å². The third kappa shape index (κ3) is 3.51. The number of anilines is 1. The number of rotatable bonds is 3. The summed E-state index contributed by atoms with van der Waals surface area (Å²) >= 11 is 0. The molecule has 1 unspecified atom stereocenters. The van der Waals surface area contributed by atoms with Crippen molar-refractivity contribution < 1.29 is 14.0 Å². The first kappa shape index (κ1) is 19.6. The molecule has 0 aromatic heterocycles. The van der Waals surface area contributed by atoms with Crippen LogP contribution in [0.3, 0.4) is 0 Å². The van der Waals surface area contributed by atoms with Gasteiger partial charge in [0.25, 0.3) is 0 Å². The molecule has 162 valence electrons. The lowest BCUT2D eigenvalue weighted by Gasteiger charge is -2.43. The highest BCUT2D eigenvalue weighted by molar-refractivity contribution is 5.88. The fraction of sp³-hybridized carbons (Fsp3) is 0.636. The fourth-order valence-corrected chi connectivity index (χ4v) is 5.62. The first-order valence-corrected chi connectivity index (χ1v) is 11.1. The number of piperazine rings is 1. The first-order valence-electron chi connectivity index (χ1n) is 11.1. The average Bonchev–Trinajstić information content (AvgIpc) is 3.36. The largest absolute Gasteiger partial charge is 0.373 e. The highest BCUT2D eigenvalue weighted by Gasteiger charge is 2.39. The second kappa shape index (κ2) is 7.72. The normalized spacial score (nSPS) is 31.0. The Balaban J connectivity index is 1.17. The highest BCUT2D eigenvalue weighted by atomic mass is 19.1. The Morgan fingerprint density at radius 1 is 1.23 bits per heavy atom. The van der Waals surface area contributed by atoms with Crippen LogP contribution in [0.5, 0.6) is 0 Å². The molecule has 1 aromatic rings. The van der Waals surface area contributed by atoms with Gasteiger partial charge in [0.15, 0.2) is 0 Å². The number of fused-ring (bicyclic) bond motifs is 2. The molecule has 1 saturated carbocycles. The molecule has 3 amide bonds. The van der Waals surface area contributed by atoms with E-state index in [1.54, 1.807) is 6.07 Å². The molecule has 1 aliphatic carbocycles. The van der Waals surface area contributed by atoms with Crippen molar-refractivity contribution in [1.82, 2.24) is 20.4 Å². The number of nitrogens with one attached hydrogen (secondary N) is 3. The molecule has 4 atom stereocenters. The Morgan fingerprint density at radius 2 is 2.10 bits per heavy atom. The Hall–Kier alpha value is -2.35. The third-order valence-corrected chi connectivity index (χ3v) is 7.28. The number of benzene rings is 1. The molecule has 0 spiro atoms. The Labute approximate surface area is 176 Å². The van der Waals surface area contributed by atoms with Gasteiger partial charge in [-0.15, -0.1) is 0 Å². The van der Waals surface area contributed by atoms with Crippen molar-refractivity contribution >= 4 is 17.6 Å². The lowest BCUT2D eigenvalue weighted by molar-refractivity contribution is -0.122. The van der Waals surface area contributed by atoms with E-state index in [1.165, 1.54) is 6.07 Å². The predicted octanol–water partition coefficient (Wildman–Crippen LogP) is 1.61. The summed E-state index contributed by atoms with van der Waals surface area (Å²) in [5.74, 6) is -0.277. The number of amides is 3. The van der Waals surface area contributed by atoms with Gasteiger partial charge < -0.3 is 20.9 Å². The van der Waals surface area contributed by atoms with Gasteiger partial charge in [-0.05, 0) is 44.2 Å². The van der Waals surface area contributed by atoms with Crippen molar-refractivity contribution in [3.63, 3.8) is 0 Å². The van der Waals surface area contributed by atoms with Crippen LogP contribution in [0, 0.1) is 12.7 Å². The Kier molecular flexibility index (Phi) is 5.05. The maximum Gasteiger partial charge on any atom is 0.317 e. The summed E-state index contributed by atoms with van der Waals surface area (Å²) in [6.07, 6.45) is 4.54. The smallest absolute Gasteiger partial charge is 0.317 e. The van der Waals surface area contributed by atoms with E-state index in [0.717, 1.165) is 63.1 Å². The maximum absolute atomic E-state index is 14.1. The van der Waals surface area contributed by atoms with E-state index in [2.05, 4.69) is 20.9 Å². The van der Waals surface area contributed by atoms with Gasteiger partial charge >= 0.3 is 6.03 Å². The number of urea groups is 1. The van der Waals surface area contributed by atoms with E-state index in [4.69, 9.17) is 0 Å². The number of hydrogen-bond donors (Lipinski definition) is 3. The molecule has 2 saturated heterocycles. The molecule has 7 nitrogen and oxygen atoms in total. The van der Waals surface area contributed by atoms with Crippen molar-refractivity contribution in [1.29, 1.82) is 0 Å². The van der Waals surface area contributed by atoms with Crippen LogP contribution in [0.2, 0.25) is 0 Å². The monoisotopic (exact) mass is 415 g/mol. The summed E-state index contributed by atoms with van der Waals surface area (Å²) < 4.78 is 14.1. The summed E-state index contributed by atoms with van der Waals surface area (Å²) in [6.45, 7) is 5.24. The fourth-order valence-electron chi connectivity index (χ4n) is 5.62. The zero-order chi connectivity index (χ0) is 20.8. The second-order valence-corrected chi connectivity index (χ2v) is 9.17. The number of carbonyl (C=O) groups is 2. The van der Waals surface area contributed by atoms with Gasteiger partial charge in [-0.3, -0.25) is 9.69 Å². The number of nitrogens with zero attached hydrogens (tertiary/aromatic N) is 2. The maximum atomic E-state index is 14.1. The van der Waals surface area contributed by atoms with Crippen molar-refractivity contribution in [3.8, 4) is 0 Å². The van der Waals surface area contributed by atoms with E-state index in [9.17, 15) is 14.0 Å². The van der Waals surface area contributed by atoms with Crippen molar-refractivity contribution in [3.05, 3.63) is 29.1 Å². The zero-order valence-corrected chi connectivity index (χ0v) is 17.4. The van der Waals surface area contributed by atoms with Crippen LogP contribution in [0.4, 0.5) is 14.9 Å². The lowest BCUT2D eigenvalue weighted by atomic mass is 9.89. The summed E-state index contributed by atoms with van der Waals surface area (Å²) in [5.41, 5.74) is 2.36. The minimum Gasteiger partial charge on any atom is -0.373 e. The molecular weight excluding hydrogens is 385 g/mol. The SMILES string of the molecule is Cc1ccc(F)c2c1NC(C(=O)N[C@@H]1CCC[C@@H](N3CCN4C(=O)NC[C@H]4C3)C1)C2. The van der Waals surface area contributed by atoms with E-state index in [-0.39, 0.29) is 29.8 Å². The number of halogens is 1. The third-order valence-electron chi connectivity index (χ3n) is 7.28. The molecule has 3 heterocycles. The van der Waals surface area contributed by atoms with Crippen molar-refractivity contribution in [2.24, 2.45) is 0 Å². The lowest BCUT2D eigenvalue weighted by Crippen LogP contribution is -2.57. The van der Waals surface area contributed by atoms with Crippen LogP contribution in [-0.2, 0) is 11.2 Å². The Bertz CT molecular complexity index is 831. The molecule has 3 N–H and O–H groups in total. The molecule has 1 aromatic carbocycles. The predicted molar refractivity (Wildman–Crippen MR) is 112 cm³/mol.